The summed E-state index contributed by atoms with van der Waals surface area (Å²) in [6.07, 6.45) is 0.255. The van der Waals surface area contributed by atoms with E-state index >= 15 is 0 Å². The van der Waals surface area contributed by atoms with Crippen LogP contribution in [0.2, 0.25) is 0 Å². The number of hydrogen-bond acceptors (Lipinski definition) is 5. The molecule has 3 aliphatic rings. The van der Waals surface area contributed by atoms with Gasteiger partial charge < -0.3 is 24.0 Å². The molecule has 0 radical (unpaired) electrons. The first-order valence-electron chi connectivity index (χ1n) is 7.79. The highest BCUT2D eigenvalue weighted by Gasteiger charge is 2.37. The van der Waals surface area contributed by atoms with E-state index in [0.29, 0.717) is 44.3 Å². The molecule has 0 saturated carbocycles. The number of amides is 2. The number of carbonyl (C=O) groups is 2. The summed E-state index contributed by atoms with van der Waals surface area (Å²) in [5, 5.41) is 0. The maximum Gasteiger partial charge on any atom is 0.231 e. The van der Waals surface area contributed by atoms with Crippen molar-refractivity contribution in [2.45, 2.75) is 6.42 Å². The number of ether oxygens (including phenoxy) is 3. The number of hydrogen-bond donors (Lipinski definition) is 0. The summed E-state index contributed by atoms with van der Waals surface area (Å²) in [4.78, 5) is 28.3. The van der Waals surface area contributed by atoms with E-state index in [-0.39, 0.29) is 30.9 Å². The van der Waals surface area contributed by atoms with Gasteiger partial charge in [0.2, 0.25) is 18.6 Å². The zero-order valence-electron chi connectivity index (χ0n) is 12.7. The van der Waals surface area contributed by atoms with Gasteiger partial charge in [-0.2, -0.15) is 0 Å². The van der Waals surface area contributed by atoms with E-state index in [9.17, 15) is 9.59 Å². The number of carbonyl (C=O) groups excluding carboxylic acids is 2. The van der Waals surface area contributed by atoms with Crippen LogP contribution in [0, 0.1) is 5.92 Å². The second-order valence-corrected chi connectivity index (χ2v) is 5.88. The van der Waals surface area contributed by atoms with Gasteiger partial charge in [0.25, 0.3) is 0 Å². The molecule has 23 heavy (non-hydrogen) atoms. The maximum atomic E-state index is 12.6. The van der Waals surface area contributed by atoms with E-state index in [4.69, 9.17) is 14.2 Å². The highest BCUT2D eigenvalue weighted by atomic mass is 16.7. The number of nitrogens with zero attached hydrogens (tertiary/aromatic N) is 2. The van der Waals surface area contributed by atoms with Gasteiger partial charge in [0.15, 0.2) is 11.5 Å². The minimum Gasteiger partial charge on any atom is -0.454 e. The summed E-state index contributed by atoms with van der Waals surface area (Å²) < 4.78 is 15.9. The Morgan fingerprint density at radius 1 is 1.13 bits per heavy atom. The van der Waals surface area contributed by atoms with Gasteiger partial charge in [-0.3, -0.25) is 9.59 Å². The number of rotatable bonds is 2. The zero-order chi connectivity index (χ0) is 15.8. The van der Waals surface area contributed by atoms with Gasteiger partial charge in [0, 0.05) is 37.8 Å². The third-order valence-corrected chi connectivity index (χ3v) is 4.46. The molecule has 2 fully saturated rings. The topological polar surface area (TPSA) is 68.3 Å². The average Bonchev–Trinajstić information content (AvgIpc) is 3.20. The molecule has 0 aromatic heterocycles. The average molecular weight is 318 g/mol. The summed E-state index contributed by atoms with van der Waals surface area (Å²) in [6.45, 7) is 2.96. The third-order valence-electron chi connectivity index (χ3n) is 4.46. The van der Waals surface area contributed by atoms with Gasteiger partial charge >= 0.3 is 0 Å². The van der Waals surface area contributed by atoms with Crippen molar-refractivity contribution in [3.05, 3.63) is 18.2 Å². The Morgan fingerprint density at radius 3 is 2.74 bits per heavy atom. The van der Waals surface area contributed by atoms with Crippen LogP contribution in [0.1, 0.15) is 6.42 Å². The van der Waals surface area contributed by atoms with Gasteiger partial charge in [-0.25, -0.2) is 0 Å². The fourth-order valence-corrected chi connectivity index (χ4v) is 3.22. The van der Waals surface area contributed by atoms with Crippen LogP contribution in [0.3, 0.4) is 0 Å². The lowest BCUT2D eigenvalue weighted by atomic mass is 10.1. The first-order valence-corrected chi connectivity index (χ1v) is 7.79. The molecule has 0 unspecified atom stereocenters. The number of benzene rings is 1. The number of fused-ring (bicyclic) bond motifs is 1. The molecule has 7 heteroatoms. The van der Waals surface area contributed by atoms with Crippen LogP contribution in [0.5, 0.6) is 11.5 Å². The molecular formula is C16H18N2O5. The van der Waals surface area contributed by atoms with Gasteiger partial charge in [-0.15, -0.1) is 0 Å². The fourth-order valence-electron chi connectivity index (χ4n) is 3.22. The van der Waals surface area contributed by atoms with E-state index in [1.807, 2.05) is 6.07 Å². The molecular weight excluding hydrogens is 300 g/mol. The maximum absolute atomic E-state index is 12.6. The summed E-state index contributed by atoms with van der Waals surface area (Å²) >= 11 is 0. The van der Waals surface area contributed by atoms with E-state index in [2.05, 4.69) is 0 Å². The molecule has 4 rings (SSSR count). The SMILES string of the molecule is O=C([C@@H]1CC(=O)N(c2ccc3c(c2)OCO3)C1)N1CCOCC1. The summed E-state index contributed by atoms with van der Waals surface area (Å²) in [7, 11) is 0. The molecule has 7 nitrogen and oxygen atoms in total. The molecule has 2 saturated heterocycles. The van der Waals surface area contributed by atoms with E-state index in [1.165, 1.54) is 0 Å². The van der Waals surface area contributed by atoms with Crippen molar-refractivity contribution in [1.29, 1.82) is 0 Å². The van der Waals surface area contributed by atoms with Gasteiger partial charge in [-0.05, 0) is 12.1 Å². The second-order valence-electron chi connectivity index (χ2n) is 5.88. The van der Waals surface area contributed by atoms with Crippen molar-refractivity contribution >= 4 is 17.5 Å². The minimum absolute atomic E-state index is 0.0320. The van der Waals surface area contributed by atoms with Gasteiger partial charge in [-0.1, -0.05) is 0 Å². The Balaban J connectivity index is 1.48. The Labute approximate surface area is 133 Å². The quantitative estimate of drug-likeness (QED) is 0.800. The van der Waals surface area contributed by atoms with Crippen LogP contribution in [0.4, 0.5) is 5.69 Å². The predicted octanol–water partition coefficient (Wildman–Crippen LogP) is 0.627. The minimum atomic E-state index is -0.286. The predicted molar refractivity (Wildman–Crippen MR) is 80.4 cm³/mol. The molecule has 3 heterocycles. The van der Waals surface area contributed by atoms with Crippen LogP contribution in [-0.4, -0.2) is 56.4 Å². The first-order chi connectivity index (χ1) is 11.2. The van der Waals surface area contributed by atoms with E-state index in [1.54, 1.807) is 21.9 Å². The Hall–Kier alpha value is -2.28. The molecule has 3 aliphatic heterocycles. The molecule has 0 aliphatic carbocycles. The molecule has 1 aromatic carbocycles. The lowest BCUT2D eigenvalue weighted by Gasteiger charge is -2.29. The zero-order valence-corrected chi connectivity index (χ0v) is 12.7. The van der Waals surface area contributed by atoms with Crippen molar-refractivity contribution < 1.29 is 23.8 Å². The van der Waals surface area contributed by atoms with E-state index < -0.39 is 0 Å². The lowest BCUT2D eigenvalue weighted by Crippen LogP contribution is -2.44. The van der Waals surface area contributed by atoms with Gasteiger partial charge in [0.1, 0.15) is 0 Å². The summed E-state index contributed by atoms with van der Waals surface area (Å²) in [5.41, 5.74) is 0.747. The van der Waals surface area contributed by atoms with Crippen LogP contribution in [0.25, 0.3) is 0 Å². The molecule has 0 spiro atoms. The smallest absolute Gasteiger partial charge is 0.231 e. The number of anilines is 1. The van der Waals surface area contributed by atoms with Crippen molar-refractivity contribution in [2.75, 3.05) is 44.5 Å². The largest absolute Gasteiger partial charge is 0.454 e. The van der Waals surface area contributed by atoms with Crippen molar-refractivity contribution in [1.82, 2.24) is 4.90 Å². The number of morpholine rings is 1. The van der Waals surface area contributed by atoms with Crippen molar-refractivity contribution in [3.8, 4) is 11.5 Å². The van der Waals surface area contributed by atoms with Crippen LogP contribution in [-0.2, 0) is 14.3 Å². The monoisotopic (exact) mass is 318 g/mol. The van der Waals surface area contributed by atoms with Crippen LogP contribution in [0.15, 0.2) is 18.2 Å². The summed E-state index contributed by atoms with van der Waals surface area (Å²) in [6, 6.07) is 5.41. The van der Waals surface area contributed by atoms with E-state index in [0.717, 1.165) is 5.69 Å². The standard InChI is InChI=1S/C16H18N2O5/c19-15-7-11(16(20)17-3-5-21-6-4-17)9-18(15)12-1-2-13-14(8-12)23-10-22-13/h1-2,8,11H,3-7,9-10H2/t11-/m1/s1. The molecule has 122 valence electrons. The first kappa shape index (κ1) is 14.3. The summed E-state index contributed by atoms with van der Waals surface area (Å²) in [5.74, 6) is 1.05. The Morgan fingerprint density at radius 2 is 1.91 bits per heavy atom. The Bertz CT molecular complexity index is 641. The molecule has 0 N–H and O–H groups in total. The lowest BCUT2D eigenvalue weighted by molar-refractivity contribution is -0.139. The molecule has 1 atom stereocenters. The highest BCUT2D eigenvalue weighted by molar-refractivity contribution is 6.00. The second kappa shape index (κ2) is 5.73. The van der Waals surface area contributed by atoms with Crippen LogP contribution >= 0.6 is 0 Å². The highest BCUT2D eigenvalue weighted by Crippen LogP contribution is 2.37. The molecule has 2 amide bonds. The van der Waals surface area contributed by atoms with Crippen molar-refractivity contribution in [2.24, 2.45) is 5.92 Å². The van der Waals surface area contributed by atoms with Crippen molar-refractivity contribution in [3.63, 3.8) is 0 Å². The van der Waals surface area contributed by atoms with Crippen LogP contribution < -0.4 is 14.4 Å². The van der Waals surface area contributed by atoms with Gasteiger partial charge in [0.05, 0.1) is 19.1 Å². The fraction of sp³-hybridized carbons (Fsp3) is 0.500. The molecule has 0 bridgehead atoms. The Kier molecular flexibility index (Phi) is 3.57. The molecule has 1 aromatic rings. The third kappa shape index (κ3) is 2.61. The normalized spacial score (nSPS) is 23.5.